The van der Waals surface area contributed by atoms with Crippen molar-refractivity contribution in [1.29, 1.82) is 0 Å². The number of hydrogen-bond acceptors (Lipinski definition) is 6. The zero-order valence-corrected chi connectivity index (χ0v) is 41.1. The molecule has 0 aromatic rings. The summed E-state index contributed by atoms with van der Waals surface area (Å²) in [5, 5.41) is 0. The zero-order valence-electron chi connectivity index (χ0n) is 41.1. The van der Waals surface area contributed by atoms with Crippen molar-refractivity contribution in [1.82, 2.24) is 0 Å². The van der Waals surface area contributed by atoms with E-state index in [1.165, 1.54) is 89.9 Å². The fourth-order valence-electron chi connectivity index (χ4n) is 6.98. The molecule has 0 aromatic carbocycles. The predicted octanol–water partition coefficient (Wildman–Crippen LogP) is 17.2. The van der Waals surface area contributed by atoms with Gasteiger partial charge in [0.15, 0.2) is 6.10 Å². The highest BCUT2D eigenvalue weighted by atomic mass is 16.6. The Morgan fingerprint density at radius 3 is 1.06 bits per heavy atom. The first kappa shape index (κ1) is 59.6. The number of hydrogen-bond donors (Lipinski definition) is 0. The van der Waals surface area contributed by atoms with Crippen LogP contribution in [0.3, 0.4) is 0 Å². The van der Waals surface area contributed by atoms with Crippen LogP contribution in [-0.4, -0.2) is 37.2 Å². The maximum absolute atomic E-state index is 12.8. The maximum atomic E-state index is 12.8. The van der Waals surface area contributed by atoms with Gasteiger partial charge in [0, 0.05) is 19.3 Å². The maximum Gasteiger partial charge on any atom is 0.306 e. The minimum absolute atomic E-state index is 0.100. The number of ether oxygens (including phenoxy) is 3. The van der Waals surface area contributed by atoms with Crippen molar-refractivity contribution in [3.8, 4) is 0 Å². The lowest BCUT2D eigenvalue weighted by atomic mass is 10.0. The molecule has 0 saturated heterocycles. The standard InChI is InChI=1S/C57H96O6/c1-4-7-10-13-16-19-22-25-27-28-30-33-35-38-41-44-47-50-56(59)62-53-54(63-57(60)51-48-45-42-39-36-31-24-21-18-15-12-9-6-3)52-61-55(58)49-46-43-40-37-34-32-29-26-23-20-17-14-11-8-5-2/h7,10,16-17,19-20,25-27,29-30,33,38,41,54H,4-6,8-9,11-15,18,21-24,28,31-32,34-37,39-40,42-53H2,1-3H3/t54-/m1/s1. The molecular weight excluding hydrogens is 781 g/mol. The first-order valence-electron chi connectivity index (χ1n) is 26.1. The van der Waals surface area contributed by atoms with E-state index >= 15 is 0 Å². The Labute approximate surface area is 388 Å². The van der Waals surface area contributed by atoms with Gasteiger partial charge in [0.25, 0.3) is 0 Å². The van der Waals surface area contributed by atoms with Crippen molar-refractivity contribution in [3.05, 3.63) is 85.1 Å². The number of carbonyl (C=O) groups excluding carboxylic acids is 3. The molecule has 0 amide bonds. The van der Waals surface area contributed by atoms with E-state index in [1.54, 1.807) is 0 Å². The Morgan fingerprint density at radius 2 is 0.635 bits per heavy atom. The van der Waals surface area contributed by atoms with Crippen molar-refractivity contribution in [2.45, 2.75) is 245 Å². The average Bonchev–Trinajstić information content (AvgIpc) is 3.28. The van der Waals surface area contributed by atoms with Crippen LogP contribution < -0.4 is 0 Å². The average molecular weight is 877 g/mol. The highest BCUT2D eigenvalue weighted by molar-refractivity contribution is 5.71. The summed E-state index contributed by atoms with van der Waals surface area (Å²) in [5.41, 5.74) is 0. The fraction of sp³-hybridized carbons (Fsp3) is 0.702. The van der Waals surface area contributed by atoms with Crippen molar-refractivity contribution in [2.24, 2.45) is 0 Å². The van der Waals surface area contributed by atoms with E-state index in [0.717, 1.165) is 103 Å². The van der Waals surface area contributed by atoms with Crippen molar-refractivity contribution < 1.29 is 28.6 Å². The molecule has 0 unspecified atom stereocenters. The largest absolute Gasteiger partial charge is 0.462 e. The van der Waals surface area contributed by atoms with E-state index in [1.807, 2.05) is 0 Å². The molecule has 6 heteroatoms. The van der Waals surface area contributed by atoms with Crippen LogP contribution in [0.5, 0.6) is 0 Å². The van der Waals surface area contributed by atoms with Gasteiger partial charge >= 0.3 is 17.9 Å². The zero-order chi connectivity index (χ0) is 45.8. The molecule has 360 valence electrons. The molecule has 0 saturated carbocycles. The molecule has 0 aliphatic carbocycles. The number of allylic oxidation sites excluding steroid dienone is 14. The van der Waals surface area contributed by atoms with Gasteiger partial charge in [-0.25, -0.2) is 0 Å². The second kappa shape index (κ2) is 51.2. The Balaban J connectivity index is 4.49. The summed E-state index contributed by atoms with van der Waals surface area (Å²) in [6, 6.07) is 0. The van der Waals surface area contributed by atoms with Crippen LogP contribution in [0.25, 0.3) is 0 Å². The van der Waals surface area contributed by atoms with Gasteiger partial charge in [0.05, 0.1) is 0 Å². The first-order chi connectivity index (χ1) is 31.0. The molecule has 0 heterocycles. The summed E-state index contributed by atoms with van der Waals surface area (Å²) in [4.78, 5) is 38.0. The molecule has 0 fully saturated rings. The Bertz CT molecular complexity index is 1240. The second-order valence-electron chi connectivity index (χ2n) is 17.1. The van der Waals surface area contributed by atoms with Gasteiger partial charge in [0.2, 0.25) is 0 Å². The molecule has 63 heavy (non-hydrogen) atoms. The van der Waals surface area contributed by atoms with Crippen LogP contribution >= 0.6 is 0 Å². The number of esters is 3. The molecule has 0 spiro atoms. The molecule has 0 aromatic heterocycles. The summed E-state index contributed by atoms with van der Waals surface area (Å²) >= 11 is 0. The predicted molar refractivity (Wildman–Crippen MR) is 270 cm³/mol. The molecule has 0 aliphatic heterocycles. The second-order valence-corrected chi connectivity index (χ2v) is 17.1. The van der Waals surface area contributed by atoms with Crippen molar-refractivity contribution in [2.75, 3.05) is 13.2 Å². The summed E-state index contributed by atoms with van der Waals surface area (Å²) in [7, 11) is 0. The van der Waals surface area contributed by atoms with Crippen LogP contribution in [0.4, 0.5) is 0 Å². The van der Waals surface area contributed by atoms with E-state index in [0.29, 0.717) is 19.3 Å². The lowest BCUT2D eigenvalue weighted by molar-refractivity contribution is -0.167. The van der Waals surface area contributed by atoms with Gasteiger partial charge in [0.1, 0.15) is 13.2 Å². The van der Waals surface area contributed by atoms with Crippen LogP contribution in [0.2, 0.25) is 0 Å². The van der Waals surface area contributed by atoms with E-state index in [2.05, 4.69) is 106 Å². The van der Waals surface area contributed by atoms with Gasteiger partial charge in [-0.2, -0.15) is 0 Å². The molecule has 0 aliphatic rings. The number of unbranched alkanes of at least 4 members (excludes halogenated alkanes) is 21. The summed E-state index contributed by atoms with van der Waals surface area (Å²) < 4.78 is 16.7. The van der Waals surface area contributed by atoms with Gasteiger partial charge in [-0.05, 0) is 89.9 Å². The van der Waals surface area contributed by atoms with Gasteiger partial charge in [-0.1, -0.05) is 215 Å². The van der Waals surface area contributed by atoms with Crippen molar-refractivity contribution in [3.63, 3.8) is 0 Å². The summed E-state index contributed by atoms with van der Waals surface area (Å²) in [6.07, 6.45) is 65.7. The Hall–Kier alpha value is -3.41. The summed E-state index contributed by atoms with van der Waals surface area (Å²) in [5.74, 6) is -0.972. The lowest BCUT2D eigenvalue weighted by Crippen LogP contribution is -2.30. The lowest BCUT2D eigenvalue weighted by Gasteiger charge is -2.18. The highest BCUT2D eigenvalue weighted by Gasteiger charge is 2.19. The summed E-state index contributed by atoms with van der Waals surface area (Å²) in [6.45, 7) is 6.43. The van der Waals surface area contributed by atoms with E-state index in [4.69, 9.17) is 14.2 Å². The monoisotopic (exact) mass is 877 g/mol. The molecule has 0 radical (unpaired) electrons. The van der Waals surface area contributed by atoms with Crippen LogP contribution in [0, 0.1) is 0 Å². The van der Waals surface area contributed by atoms with Crippen LogP contribution in [0.15, 0.2) is 85.1 Å². The highest BCUT2D eigenvalue weighted by Crippen LogP contribution is 2.14. The molecular formula is C57H96O6. The topological polar surface area (TPSA) is 78.9 Å². The van der Waals surface area contributed by atoms with E-state index in [9.17, 15) is 14.4 Å². The molecule has 6 nitrogen and oxygen atoms in total. The molecule has 0 N–H and O–H groups in total. The minimum Gasteiger partial charge on any atom is -0.462 e. The quantitative estimate of drug-likeness (QED) is 0.0262. The first-order valence-corrected chi connectivity index (χ1v) is 26.1. The van der Waals surface area contributed by atoms with Gasteiger partial charge < -0.3 is 14.2 Å². The van der Waals surface area contributed by atoms with Crippen LogP contribution in [0.1, 0.15) is 239 Å². The Morgan fingerprint density at radius 1 is 0.333 bits per heavy atom. The molecule has 0 bridgehead atoms. The van der Waals surface area contributed by atoms with Gasteiger partial charge in [-0.3, -0.25) is 14.4 Å². The fourth-order valence-corrected chi connectivity index (χ4v) is 6.98. The number of carbonyl (C=O) groups is 3. The van der Waals surface area contributed by atoms with E-state index < -0.39 is 6.10 Å². The molecule has 1 atom stereocenters. The third-order valence-corrected chi connectivity index (χ3v) is 10.9. The normalized spacial score (nSPS) is 12.7. The third-order valence-electron chi connectivity index (χ3n) is 10.9. The molecule has 0 rings (SSSR count). The van der Waals surface area contributed by atoms with Gasteiger partial charge in [-0.15, -0.1) is 0 Å². The minimum atomic E-state index is -0.803. The SMILES string of the molecule is CCC=CCC=CCC=CCC=CCC=CCCCC(=O)OC[C@@H](COC(=O)CCCCCCCC=CCC=CCCCCC)OC(=O)CCCCCCCCCCCCCCC. The van der Waals surface area contributed by atoms with Crippen LogP contribution in [-0.2, 0) is 28.6 Å². The third kappa shape index (κ3) is 49.5. The van der Waals surface area contributed by atoms with E-state index in [-0.39, 0.29) is 37.5 Å². The van der Waals surface area contributed by atoms with Crippen molar-refractivity contribution >= 4 is 17.9 Å². The smallest absolute Gasteiger partial charge is 0.306 e. The Kier molecular flexibility index (Phi) is 48.5. The number of rotatable bonds is 46.